The first-order chi connectivity index (χ1) is 11.3. The lowest BCUT2D eigenvalue weighted by atomic mass is 9.89. The van der Waals surface area contributed by atoms with E-state index in [0.29, 0.717) is 5.56 Å². The Bertz CT molecular complexity index is 502. The molecule has 5 heteroatoms. The molecule has 1 aromatic carbocycles. The van der Waals surface area contributed by atoms with E-state index in [-0.39, 0.29) is 5.91 Å². The molecule has 1 saturated heterocycles. The smallest absolute Gasteiger partial charge is 0.265 e. The lowest BCUT2D eigenvalue weighted by molar-refractivity contribution is 0.0953. The Balaban J connectivity index is 1.49. The summed E-state index contributed by atoms with van der Waals surface area (Å²) in [7, 11) is 0. The van der Waals surface area contributed by atoms with Crippen molar-refractivity contribution in [1.82, 2.24) is 10.3 Å². The summed E-state index contributed by atoms with van der Waals surface area (Å²) >= 11 is 0. The Morgan fingerprint density at radius 2 is 1.70 bits per heavy atom. The number of amides is 1. The van der Waals surface area contributed by atoms with E-state index < -0.39 is 0 Å². The third-order valence-electron chi connectivity index (χ3n) is 5.24. The second-order valence-corrected chi connectivity index (χ2v) is 6.81. The van der Waals surface area contributed by atoms with Crippen LogP contribution in [0.2, 0.25) is 0 Å². The maximum Gasteiger partial charge on any atom is 0.265 e. The molecule has 1 saturated carbocycles. The van der Waals surface area contributed by atoms with Gasteiger partial charge >= 0.3 is 0 Å². The standard InChI is InChI=1S/C18H28N4O/c19-20-18(23)16-6-8-17(9-7-16)22-12-10-21(11-13-22)14-15-4-2-1-3-5-15/h6-9,15H,1-5,10-14,19H2,(H,20,23). The highest BCUT2D eigenvalue weighted by Gasteiger charge is 2.21. The van der Waals surface area contributed by atoms with E-state index in [1.807, 2.05) is 24.3 Å². The monoisotopic (exact) mass is 316 g/mol. The molecule has 1 aliphatic heterocycles. The highest BCUT2D eigenvalue weighted by Crippen LogP contribution is 2.25. The first kappa shape index (κ1) is 16.3. The van der Waals surface area contributed by atoms with Crippen molar-refractivity contribution >= 4 is 11.6 Å². The van der Waals surface area contributed by atoms with E-state index in [4.69, 9.17) is 5.84 Å². The molecule has 1 aliphatic carbocycles. The summed E-state index contributed by atoms with van der Waals surface area (Å²) < 4.78 is 0. The van der Waals surface area contributed by atoms with Crippen molar-refractivity contribution in [2.75, 3.05) is 37.6 Å². The van der Waals surface area contributed by atoms with Gasteiger partial charge in [-0.25, -0.2) is 5.84 Å². The molecule has 2 aliphatic rings. The van der Waals surface area contributed by atoms with Crippen molar-refractivity contribution in [2.24, 2.45) is 11.8 Å². The molecule has 0 radical (unpaired) electrons. The van der Waals surface area contributed by atoms with Crippen molar-refractivity contribution in [2.45, 2.75) is 32.1 Å². The number of hydrogen-bond acceptors (Lipinski definition) is 4. The third-order valence-corrected chi connectivity index (χ3v) is 5.24. The Morgan fingerprint density at radius 3 is 2.30 bits per heavy atom. The number of anilines is 1. The van der Waals surface area contributed by atoms with Gasteiger partial charge in [-0.05, 0) is 43.0 Å². The summed E-state index contributed by atoms with van der Waals surface area (Å²) in [6, 6.07) is 7.71. The Hall–Kier alpha value is -1.59. The van der Waals surface area contributed by atoms with Gasteiger partial charge in [-0.2, -0.15) is 0 Å². The summed E-state index contributed by atoms with van der Waals surface area (Å²) in [6.07, 6.45) is 7.12. The molecule has 3 N–H and O–H groups in total. The molecule has 0 spiro atoms. The minimum atomic E-state index is -0.242. The molecule has 0 bridgehead atoms. The number of hydrogen-bond donors (Lipinski definition) is 2. The fourth-order valence-electron chi connectivity index (χ4n) is 3.83. The van der Waals surface area contributed by atoms with Crippen molar-refractivity contribution in [3.8, 4) is 0 Å². The predicted molar refractivity (Wildman–Crippen MR) is 93.3 cm³/mol. The van der Waals surface area contributed by atoms with Gasteiger partial charge in [0.15, 0.2) is 0 Å². The van der Waals surface area contributed by atoms with Crippen LogP contribution in [-0.2, 0) is 0 Å². The zero-order valence-electron chi connectivity index (χ0n) is 13.8. The largest absolute Gasteiger partial charge is 0.369 e. The van der Waals surface area contributed by atoms with Crippen LogP contribution in [0.25, 0.3) is 0 Å². The van der Waals surface area contributed by atoms with Crippen LogP contribution in [0, 0.1) is 5.92 Å². The topological polar surface area (TPSA) is 61.6 Å². The molecular formula is C18H28N4O. The number of nitrogens with zero attached hydrogens (tertiary/aromatic N) is 2. The molecule has 1 amide bonds. The number of carbonyl (C=O) groups is 1. The Morgan fingerprint density at radius 1 is 1.04 bits per heavy atom. The number of piperazine rings is 1. The average Bonchev–Trinajstić information content (AvgIpc) is 2.63. The van der Waals surface area contributed by atoms with Gasteiger partial charge < -0.3 is 4.90 Å². The molecule has 0 unspecified atom stereocenters. The zero-order chi connectivity index (χ0) is 16.1. The van der Waals surface area contributed by atoms with E-state index in [1.54, 1.807) is 0 Å². The predicted octanol–water partition coefficient (Wildman–Crippen LogP) is 1.99. The minimum absolute atomic E-state index is 0.242. The summed E-state index contributed by atoms with van der Waals surface area (Å²) in [4.78, 5) is 16.5. The fraction of sp³-hybridized carbons (Fsp3) is 0.611. The lowest BCUT2D eigenvalue weighted by Crippen LogP contribution is -2.48. The highest BCUT2D eigenvalue weighted by atomic mass is 16.2. The second-order valence-electron chi connectivity index (χ2n) is 6.81. The lowest BCUT2D eigenvalue weighted by Gasteiger charge is -2.38. The third kappa shape index (κ3) is 4.24. The number of benzene rings is 1. The van der Waals surface area contributed by atoms with Gasteiger partial charge in [-0.3, -0.25) is 15.1 Å². The van der Waals surface area contributed by atoms with Crippen LogP contribution >= 0.6 is 0 Å². The number of nitrogens with two attached hydrogens (primary N) is 1. The van der Waals surface area contributed by atoms with Gasteiger partial charge in [-0.15, -0.1) is 0 Å². The van der Waals surface area contributed by atoms with Gasteiger partial charge in [-0.1, -0.05) is 19.3 Å². The number of rotatable bonds is 4. The van der Waals surface area contributed by atoms with Crippen LogP contribution in [-0.4, -0.2) is 43.5 Å². The molecule has 2 fully saturated rings. The molecule has 23 heavy (non-hydrogen) atoms. The number of hydrazine groups is 1. The number of carbonyl (C=O) groups excluding carboxylic acids is 1. The molecule has 3 rings (SSSR count). The summed E-state index contributed by atoms with van der Waals surface area (Å²) in [6.45, 7) is 5.69. The minimum Gasteiger partial charge on any atom is -0.369 e. The van der Waals surface area contributed by atoms with Gasteiger partial charge in [0.1, 0.15) is 0 Å². The van der Waals surface area contributed by atoms with Crippen LogP contribution in [0.15, 0.2) is 24.3 Å². The van der Waals surface area contributed by atoms with Crippen LogP contribution < -0.4 is 16.2 Å². The SMILES string of the molecule is NNC(=O)c1ccc(N2CCN(CC3CCCCC3)CC2)cc1. The molecule has 0 atom stereocenters. The molecule has 126 valence electrons. The normalized spacial score (nSPS) is 20.5. The first-order valence-electron chi connectivity index (χ1n) is 8.84. The first-order valence-corrected chi connectivity index (χ1v) is 8.84. The highest BCUT2D eigenvalue weighted by molar-refractivity contribution is 5.94. The van der Waals surface area contributed by atoms with Gasteiger partial charge in [0.25, 0.3) is 5.91 Å². The van der Waals surface area contributed by atoms with Crippen LogP contribution in [0.4, 0.5) is 5.69 Å². The molecule has 1 aromatic rings. The van der Waals surface area contributed by atoms with Crippen molar-refractivity contribution in [1.29, 1.82) is 0 Å². The van der Waals surface area contributed by atoms with E-state index >= 15 is 0 Å². The Labute approximate surface area is 138 Å². The Kier molecular flexibility index (Phi) is 5.51. The summed E-state index contributed by atoms with van der Waals surface area (Å²) in [5.41, 5.74) is 3.96. The maximum absolute atomic E-state index is 11.5. The zero-order valence-corrected chi connectivity index (χ0v) is 13.8. The van der Waals surface area contributed by atoms with E-state index in [9.17, 15) is 4.79 Å². The van der Waals surface area contributed by atoms with Crippen molar-refractivity contribution < 1.29 is 4.79 Å². The average molecular weight is 316 g/mol. The van der Waals surface area contributed by atoms with Crippen LogP contribution in [0.5, 0.6) is 0 Å². The van der Waals surface area contributed by atoms with E-state index in [2.05, 4.69) is 15.2 Å². The quantitative estimate of drug-likeness (QED) is 0.507. The number of nitrogens with one attached hydrogen (secondary N) is 1. The maximum atomic E-state index is 11.5. The molecule has 0 aromatic heterocycles. The molecular weight excluding hydrogens is 288 g/mol. The van der Waals surface area contributed by atoms with Gasteiger partial charge in [0.05, 0.1) is 0 Å². The van der Waals surface area contributed by atoms with Crippen LogP contribution in [0.3, 0.4) is 0 Å². The number of nitrogen functional groups attached to an aromatic ring is 1. The van der Waals surface area contributed by atoms with Gasteiger partial charge in [0, 0.05) is 44.0 Å². The second kappa shape index (κ2) is 7.79. The van der Waals surface area contributed by atoms with E-state index in [0.717, 1.165) is 32.1 Å². The van der Waals surface area contributed by atoms with Crippen molar-refractivity contribution in [3.63, 3.8) is 0 Å². The van der Waals surface area contributed by atoms with Gasteiger partial charge in [0.2, 0.25) is 0 Å². The van der Waals surface area contributed by atoms with E-state index in [1.165, 1.54) is 44.3 Å². The van der Waals surface area contributed by atoms with Crippen LogP contribution in [0.1, 0.15) is 42.5 Å². The molecule has 1 heterocycles. The van der Waals surface area contributed by atoms with Crippen molar-refractivity contribution in [3.05, 3.63) is 29.8 Å². The fourth-order valence-corrected chi connectivity index (χ4v) is 3.83. The summed E-state index contributed by atoms with van der Waals surface area (Å²) in [5.74, 6) is 5.84. The summed E-state index contributed by atoms with van der Waals surface area (Å²) in [5, 5.41) is 0. The molecule has 5 nitrogen and oxygen atoms in total.